The van der Waals surface area contributed by atoms with Gasteiger partial charge in [-0.25, -0.2) is 4.98 Å². The molecule has 1 aromatic heterocycles. The first kappa shape index (κ1) is 22.4. The van der Waals surface area contributed by atoms with Crippen LogP contribution in [0.5, 0.6) is 0 Å². The number of rotatable bonds is 8. The van der Waals surface area contributed by atoms with Crippen LogP contribution in [-0.4, -0.2) is 40.6 Å². The van der Waals surface area contributed by atoms with Crippen molar-refractivity contribution in [2.75, 3.05) is 0 Å². The monoisotopic (exact) mass is 393 g/mol. The molecule has 0 unspecified atom stereocenters. The van der Waals surface area contributed by atoms with Gasteiger partial charge in [0.05, 0.1) is 12.1 Å². The number of amides is 1. The summed E-state index contributed by atoms with van der Waals surface area (Å²) in [5, 5.41) is 6.52. The van der Waals surface area contributed by atoms with Crippen LogP contribution in [0.3, 0.4) is 0 Å². The number of nitrogens with zero attached hydrogens (tertiary/aromatic N) is 1. The molecule has 0 bridgehead atoms. The third kappa shape index (κ3) is 6.06. The van der Waals surface area contributed by atoms with Crippen LogP contribution in [0.25, 0.3) is 0 Å². The summed E-state index contributed by atoms with van der Waals surface area (Å²) in [6.07, 6.45) is 6.60. The molecule has 1 fully saturated rings. The fourth-order valence-corrected chi connectivity index (χ4v) is 3.96. The van der Waals surface area contributed by atoms with E-state index in [0.29, 0.717) is 18.2 Å². The van der Waals surface area contributed by atoms with Crippen LogP contribution < -0.4 is 10.6 Å². The Bertz CT molecular complexity index is 635. The van der Waals surface area contributed by atoms with E-state index in [-0.39, 0.29) is 29.9 Å². The number of nitrogens with one attached hydrogen (secondary N) is 2. The van der Waals surface area contributed by atoms with Crippen molar-refractivity contribution in [1.82, 2.24) is 15.6 Å². The van der Waals surface area contributed by atoms with E-state index in [2.05, 4.69) is 29.5 Å². The highest BCUT2D eigenvalue weighted by Gasteiger charge is 2.45. The molecule has 1 aliphatic heterocycles. The van der Waals surface area contributed by atoms with E-state index in [0.717, 1.165) is 19.3 Å². The van der Waals surface area contributed by atoms with E-state index in [1.54, 1.807) is 12.5 Å². The minimum absolute atomic E-state index is 0.0790. The first-order valence-electron chi connectivity index (χ1n) is 10.3. The van der Waals surface area contributed by atoms with E-state index in [4.69, 9.17) is 9.15 Å². The molecule has 1 saturated heterocycles. The van der Waals surface area contributed by atoms with Crippen LogP contribution in [0.4, 0.5) is 0 Å². The first-order chi connectivity index (χ1) is 13.1. The van der Waals surface area contributed by atoms with Crippen molar-refractivity contribution in [3.63, 3.8) is 0 Å². The van der Waals surface area contributed by atoms with Gasteiger partial charge in [-0.05, 0) is 39.5 Å². The average Bonchev–Trinajstić information content (AvgIpc) is 3.25. The zero-order valence-electron chi connectivity index (χ0n) is 18.0. The molecule has 0 aromatic carbocycles. The van der Waals surface area contributed by atoms with Crippen molar-refractivity contribution < 1.29 is 18.7 Å². The van der Waals surface area contributed by atoms with Gasteiger partial charge in [0, 0.05) is 19.0 Å². The second-order valence-electron chi connectivity index (χ2n) is 8.72. The molecular formula is C21H35N3O4. The normalized spacial score (nSPS) is 23.6. The molecule has 4 atom stereocenters. The predicted molar refractivity (Wildman–Crippen MR) is 107 cm³/mol. The topological polar surface area (TPSA) is 93.5 Å². The molecular weight excluding hydrogens is 358 g/mol. The third-order valence-corrected chi connectivity index (χ3v) is 5.34. The van der Waals surface area contributed by atoms with Crippen molar-refractivity contribution >= 4 is 11.9 Å². The van der Waals surface area contributed by atoms with Crippen molar-refractivity contribution in [3.8, 4) is 0 Å². The molecule has 7 nitrogen and oxygen atoms in total. The van der Waals surface area contributed by atoms with Gasteiger partial charge in [-0.15, -0.1) is 0 Å². The van der Waals surface area contributed by atoms with Gasteiger partial charge in [0.1, 0.15) is 17.9 Å². The Kier molecular flexibility index (Phi) is 7.63. The highest BCUT2D eigenvalue weighted by atomic mass is 16.6. The molecule has 0 radical (unpaired) electrons. The average molecular weight is 394 g/mol. The van der Waals surface area contributed by atoms with Crippen LogP contribution >= 0.6 is 0 Å². The lowest BCUT2D eigenvalue weighted by Gasteiger charge is -2.31. The minimum Gasteiger partial charge on any atom is -0.459 e. The van der Waals surface area contributed by atoms with Crippen LogP contribution in [0.2, 0.25) is 0 Å². The van der Waals surface area contributed by atoms with Crippen molar-refractivity contribution in [2.24, 2.45) is 5.92 Å². The number of aromatic nitrogens is 1. The molecule has 28 heavy (non-hydrogen) atoms. The summed E-state index contributed by atoms with van der Waals surface area (Å²) < 4.78 is 11.2. The Labute approximate surface area is 168 Å². The Morgan fingerprint density at radius 2 is 2.04 bits per heavy atom. The molecule has 2 heterocycles. The summed E-state index contributed by atoms with van der Waals surface area (Å²) in [4.78, 5) is 28.9. The number of carbonyl (C=O) groups excluding carboxylic acids is 2. The molecule has 0 saturated carbocycles. The zero-order chi connectivity index (χ0) is 20.9. The summed E-state index contributed by atoms with van der Waals surface area (Å²) in [6, 6.07) is -0.730. The number of hydrogen-bond donors (Lipinski definition) is 2. The maximum atomic E-state index is 12.7. The zero-order valence-corrected chi connectivity index (χ0v) is 18.0. The fraction of sp³-hybridized carbons (Fsp3) is 0.762. The lowest BCUT2D eigenvalue weighted by atomic mass is 9.86. The SMILES string of the molecule is CCC(CC)C[C@H](NC(C)=O)[C@@H]1N[C@@H](C(=O)OC(C)(C)C)C[C@H]1c1ncco1. The summed E-state index contributed by atoms with van der Waals surface area (Å²) in [7, 11) is 0. The van der Waals surface area contributed by atoms with Gasteiger partial charge in [0.15, 0.2) is 5.89 Å². The van der Waals surface area contributed by atoms with E-state index >= 15 is 0 Å². The first-order valence-corrected chi connectivity index (χ1v) is 10.3. The van der Waals surface area contributed by atoms with Crippen molar-refractivity contribution in [2.45, 2.75) is 96.9 Å². The fourth-order valence-electron chi connectivity index (χ4n) is 3.96. The molecule has 1 amide bonds. The van der Waals surface area contributed by atoms with Crippen molar-refractivity contribution in [1.29, 1.82) is 0 Å². The highest BCUT2D eigenvalue weighted by Crippen LogP contribution is 2.35. The standard InChI is InChI=1S/C21H35N3O4/c1-7-14(8-2)11-16(23-13(3)25)18-15(19-22-9-10-27-19)12-17(24-18)20(26)28-21(4,5)6/h9-10,14-18,24H,7-8,11-12H2,1-6H3,(H,23,25)/t15-,16+,17-,18-/m1/s1. The van der Waals surface area contributed by atoms with E-state index in [1.165, 1.54) is 6.92 Å². The summed E-state index contributed by atoms with van der Waals surface area (Å²) in [5.41, 5.74) is -0.554. The van der Waals surface area contributed by atoms with Gasteiger partial charge in [-0.3, -0.25) is 14.9 Å². The van der Waals surface area contributed by atoms with E-state index in [1.807, 2.05) is 20.8 Å². The number of oxazole rings is 1. The van der Waals surface area contributed by atoms with E-state index in [9.17, 15) is 9.59 Å². The van der Waals surface area contributed by atoms with Crippen LogP contribution in [0.1, 0.15) is 79.0 Å². The maximum Gasteiger partial charge on any atom is 0.323 e. The Balaban J connectivity index is 2.26. The molecule has 158 valence electrons. The molecule has 7 heteroatoms. The lowest BCUT2D eigenvalue weighted by molar-refractivity contribution is -0.157. The number of carbonyl (C=O) groups is 2. The maximum absolute atomic E-state index is 12.7. The van der Waals surface area contributed by atoms with Gasteiger partial charge in [0.2, 0.25) is 5.91 Å². The van der Waals surface area contributed by atoms with Gasteiger partial charge >= 0.3 is 5.97 Å². The predicted octanol–water partition coefficient (Wildman–Crippen LogP) is 3.16. The second kappa shape index (κ2) is 9.54. The van der Waals surface area contributed by atoms with Gasteiger partial charge in [-0.1, -0.05) is 26.7 Å². The van der Waals surface area contributed by atoms with Crippen LogP contribution in [0, 0.1) is 5.92 Å². The summed E-state index contributed by atoms with van der Waals surface area (Å²) in [6.45, 7) is 11.4. The van der Waals surface area contributed by atoms with Crippen molar-refractivity contribution in [3.05, 3.63) is 18.4 Å². The van der Waals surface area contributed by atoms with Crippen LogP contribution in [0.15, 0.2) is 16.9 Å². The molecule has 0 aliphatic carbocycles. The molecule has 0 spiro atoms. The Hall–Kier alpha value is -1.89. The van der Waals surface area contributed by atoms with E-state index < -0.39 is 11.6 Å². The summed E-state index contributed by atoms with van der Waals surface area (Å²) in [5.74, 6) is 0.604. The Morgan fingerprint density at radius 3 is 2.54 bits per heavy atom. The van der Waals surface area contributed by atoms with Crippen LogP contribution in [-0.2, 0) is 14.3 Å². The quantitative estimate of drug-likeness (QED) is 0.659. The third-order valence-electron chi connectivity index (χ3n) is 5.34. The molecule has 1 aliphatic rings. The minimum atomic E-state index is -0.554. The number of ether oxygens (including phenoxy) is 1. The molecule has 1 aromatic rings. The number of esters is 1. The largest absolute Gasteiger partial charge is 0.459 e. The highest BCUT2D eigenvalue weighted by molar-refractivity contribution is 5.77. The molecule has 2 N–H and O–H groups in total. The lowest BCUT2D eigenvalue weighted by Crippen LogP contribution is -2.52. The summed E-state index contributed by atoms with van der Waals surface area (Å²) >= 11 is 0. The smallest absolute Gasteiger partial charge is 0.323 e. The number of hydrogen-bond acceptors (Lipinski definition) is 6. The van der Waals surface area contributed by atoms with Gasteiger partial charge in [-0.2, -0.15) is 0 Å². The molecule has 2 rings (SSSR count). The second-order valence-corrected chi connectivity index (χ2v) is 8.72. The Morgan fingerprint density at radius 1 is 1.36 bits per heavy atom. The van der Waals surface area contributed by atoms with Gasteiger partial charge in [0.25, 0.3) is 0 Å². The van der Waals surface area contributed by atoms with Gasteiger partial charge < -0.3 is 14.5 Å².